The molecule has 1 aliphatic carbocycles. The number of carbonyl (C=O) groups excluding carboxylic acids is 2. The van der Waals surface area contributed by atoms with Gasteiger partial charge < -0.3 is 9.80 Å². The van der Waals surface area contributed by atoms with E-state index in [1.807, 2.05) is 34.1 Å². The van der Waals surface area contributed by atoms with Crippen molar-refractivity contribution in [2.75, 3.05) is 26.2 Å². The minimum absolute atomic E-state index is 0.0950. The van der Waals surface area contributed by atoms with Gasteiger partial charge in [0.2, 0.25) is 11.8 Å². The van der Waals surface area contributed by atoms with E-state index in [-0.39, 0.29) is 11.8 Å². The molecule has 5 heteroatoms. The van der Waals surface area contributed by atoms with Crippen LogP contribution in [0.1, 0.15) is 44.6 Å². The van der Waals surface area contributed by atoms with Gasteiger partial charge in [-0.25, -0.2) is 0 Å². The van der Waals surface area contributed by atoms with E-state index >= 15 is 0 Å². The Balaban J connectivity index is 1.82. The van der Waals surface area contributed by atoms with Crippen LogP contribution in [-0.4, -0.2) is 47.8 Å². The van der Waals surface area contributed by atoms with Crippen LogP contribution in [0.25, 0.3) is 0 Å². The molecule has 0 N–H and O–H groups in total. The van der Waals surface area contributed by atoms with E-state index in [4.69, 9.17) is 11.6 Å². The highest BCUT2D eigenvalue weighted by atomic mass is 35.5. The van der Waals surface area contributed by atoms with Gasteiger partial charge in [0.1, 0.15) is 0 Å². The van der Waals surface area contributed by atoms with Crippen molar-refractivity contribution in [1.82, 2.24) is 9.80 Å². The number of carbonyl (C=O) groups is 2. The molecule has 1 aromatic rings. The van der Waals surface area contributed by atoms with Crippen LogP contribution in [0.3, 0.4) is 0 Å². The summed E-state index contributed by atoms with van der Waals surface area (Å²) in [6.45, 7) is 4.35. The van der Waals surface area contributed by atoms with Crippen LogP contribution >= 0.6 is 11.6 Å². The number of hydrogen-bond donors (Lipinski definition) is 0. The quantitative estimate of drug-likeness (QED) is 0.823. The fraction of sp³-hybridized carbons (Fsp3) is 0.579. The normalized spacial score (nSPS) is 20.8. The van der Waals surface area contributed by atoms with Crippen LogP contribution in [0.5, 0.6) is 0 Å². The molecule has 0 spiro atoms. The molecular weight excluding hydrogens is 324 g/mol. The molecule has 24 heavy (non-hydrogen) atoms. The molecule has 4 nitrogen and oxygen atoms in total. The summed E-state index contributed by atoms with van der Waals surface area (Å²) in [5.74, 6) is 0.324. The third-order valence-corrected chi connectivity index (χ3v) is 5.74. The minimum Gasteiger partial charge on any atom is -0.341 e. The van der Waals surface area contributed by atoms with Gasteiger partial charge in [0.15, 0.2) is 0 Å². The Morgan fingerprint density at radius 1 is 0.917 bits per heavy atom. The van der Waals surface area contributed by atoms with Gasteiger partial charge in [-0.2, -0.15) is 0 Å². The smallest absolute Gasteiger partial charge is 0.233 e. The Morgan fingerprint density at radius 2 is 1.50 bits per heavy atom. The highest BCUT2D eigenvalue weighted by Crippen LogP contribution is 2.43. The van der Waals surface area contributed by atoms with Gasteiger partial charge in [0.25, 0.3) is 0 Å². The zero-order valence-electron chi connectivity index (χ0n) is 14.3. The molecule has 1 saturated heterocycles. The summed E-state index contributed by atoms with van der Waals surface area (Å²) in [6, 6.07) is 7.77. The van der Waals surface area contributed by atoms with Crippen LogP contribution in [-0.2, 0) is 15.0 Å². The van der Waals surface area contributed by atoms with Crippen LogP contribution in [0.15, 0.2) is 24.3 Å². The maximum absolute atomic E-state index is 13.4. The number of hydrogen-bond acceptors (Lipinski definition) is 2. The van der Waals surface area contributed by atoms with Crippen molar-refractivity contribution in [3.8, 4) is 0 Å². The first-order chi connectivity index (χ1) is 11.5. The maximum Gasteiger partial charge on any atom is 0.233 e. The highest BCUT2D eigenvalue weighted by Gasteiger charge is 2.45. The fourth-order valence-corrected chi connectivity index (χ4v) is 4.24. The lowest BCUT2D eigenvalue weighted by molar-refractivity contribution is -0.137. The van der Waals surface area contributed by atoms with Gasteiger partial charge in [-0.1, -0.05) is 36.6 Å². The van der Waals surface area contributed by atoms with Crippen molar-refractivity contribution in [3.05, 3.63) is 34.9 Å². The van der Waals surface area contributed by atoms with Gasteiger partial charge in [-0.3, -0.25) is 9.59 Å². The minimum atomic E-state index is -0.407. The molecule has 0 atom stereocenters. The zero-order valence-corrected chi connectivity index (χ0v) is 15.0. The van der Waals surface area contributed by atoms with Crippen LogP contribution < -0.4 is 0 Å². The Morgan fingerprint density at radius 3 is 2.12 bits per heavy atom. The van der Waals surface area contributed by atoms with E-state index in [2.05, 4.69) is 0 Å². The first-order valence-electron chi connectivity index (χ1n) is 8.84. The van der Waals surface area contributed by atoms with Crippen molar-refractivity contribution in [2.24, 2.45) is 0 Å². The van der Waals surface area contributed by atoms with Crippen molar-refractivity contribution in [1.29, 1.82) is 0 Å². The van der Waals surface area contributed by atoms with Gasteiger partial charge >= 0.3 is 0 Å². The molecule has 3 rings (SSSR count). The van der Waals surface area contributed by atoms with E-state index in [1.54, 1.807) is 6.92 Å². The Labute approximate surface area is 148 Å². The number of rotatable bonds is 2. The first-order valence-corrected chi connectivity index (χ1v) is 9.22. The van der Waals surface area contributed by atoms with Crippen LogP contribution in [0, 0.1) is 0 Å². The van der Waals surface area contributed by atoms with Crippen molar-refractivity contribution >= 4 is 23.4 Å². The van der Waals surface area contributed by atoms with Gasteiger partial charge in [0, 0.05) is 38.1 Å². The van der Waals surface area contributed by atoms with Gasteiger partial charge in [0.05, 0.1) is 5.41 Å². The predicted octanol–water partition coefficient (Wildman–Crippen LogP) is 3.23. The van der Waals surface area contributed by atoms with Crippen molar-refractivity contribution in [2.45, 2.75) is 44.4 Å². The lowest BCUT2D eigenvalue weighted by Crippen LogP contribution is -2.47. The third-order valence-electron chi connectivity index (χ3n) is 5.49. The Bertz CT molecular complexity index is 608. The SMILES string of the molecule is CC(=O)N1CCCN(C(=O)C2(c3ccc(Cl)cc3)CCCC2)CC1. The number of amides is 2. The van der Waals surface area contributed by atoms with Crippen LogP contribution in [0.2, 0.25) is 5.02 Å². The lowest BCUT2D eigenvalue weighted by Gasteiger charge is -2.34. The number of nitrogens with zero attached hydrogens (tertiary/aromatic N) is 2. The van der Waals surface area contributed by atoms with E-state index < -0.39 is 5.41 Å². The molecule has 0 unspecified atom stereocenters. The predicted molar refractivity (Wildman–Crippen MR) is 95.0 cm³/mol. The summed E-state index contributed by atoms with van der Waals surface area (Å²) in [5.41, 5.74) is 0.678. The summed E-state index contributed by atoms with van der Waals surface area (Å²) < 4.78 is 0. The number of benzene rings is 1. The monoisotopic (exact) mass is 348 g/mol. The maximum atomic E-state index is 13.4. The average molecular weight is 349 g/mol. The van der Waals surface area contributed by atoms with Crippen molar-refractivity contribution in [3.63, 3.8) is 0 Å². The molecule has 1 saturated carbocycles. The molecule has 1 heterocycles. The summed E-state index contributed by atoms with van der Waals surface area (Å²) >= 11 is 6.03. The van der Waals surface area contributed by atoms with Gasteiger partial charge in [-0.05, 0) is 37.0 Å². The summed E-state index contributed by atoms with van der Waals surface area (Å²) in [4.78, 5) is 28.9. The van der Waals surface area contributed by atoms with Crippen LogP contribution in [0.4, 0.5) is 0 Å². The van der Waals surface area contributed by atoms with E-state index in [1.165, 1.54) is 0 Å². The van der Waals surface area contributed by atoms with E-state index in [0.717, 1.165) is 50.8 Å². The largest absolute Gasteiger partial charge is 0.341 e. The first kappa shape index (κ1) is 17.3. The molecular formula is C19H25ClN2O2. The average Bonchev–Trinajstić information content (AvgIpc) is 2.93. The summed E-state index contributed by atoms with van der Waals surface area (Å²) in [7, 11) is 0. The second-order valence-electron chi connectivity index (χ2n) is 6.95. The Hall–Kier alpha value is -1.55. The zero-order chi connectivity index (χ0) is 17.2. The highest BCUT2D eigenvalue weighted by molar-refractivity contribution is 6.30. The Kier molecular flexibility index (Phi) is 5.14. The molecule has 130 valence electrons. The second-order valence-corrected chi connectivity index (χ2v) is 7.38. The molecule has 0 aromatic heterocycles. The molecule has 2 aliphatic rings. The lowest BCUT2D eigenvalue weighted by atomic mass is 9.77. The number of halogens is 1. The standard InChI is InChI=1S/C19H25ClN2O2/c1-15(23)21-11-4-12-22(14-13-21)18(24)19(9-2-3-10-19)16-5-7-17(20)8-6-16/h5-8H,2-4,9-14H2,1H3. The molecule has 2 fully saturated rings. The summed E-state index contributed by atoms with van der Waals surface area (Å²) in [5, 5.41) is 0.700. The van der Waals surface area contributed by atoms with E-state index in [9.17, 15) is 9.59 Å². The fourth-order valence-electron chi connectivity index (χ4n) is 4.11. The molecule has 0 bridgehead atoms. The molecule has 2 amide bonds. The summed E-state index contributed by atoms with van der Waals surface area (Å²) in [6.07, 6.45) is 4.83. The molecule has 0 radical (unpaired) electrons. The van der Waals surface area contributed by atoms with Crippen molar-refractivity contribution < 1.29 is 9.59 Å². The molecule has 1 aromatic carbocycles. The third kappa shape index (κ3) is 3.30. The topological polar surface area (TPSA) is 40.6 Å². The van der Waals surface area contributed by atoms with E-state index in [0.29, 0.717) is 18.1 Å². The second kappa shape index (κ2) is 7.14. The van der Waals surface area contributed by atoms with Gasteiger partial charge in [-0.15, -0.1) is 0 Å². The molecule has 1 aliphatic heterocycles.